The standard InChI is InChI=1S/C31H44O6/c1-6-7-8-9-10-11-12-13-20-34-30-29(35-21-19-24(4)16-14-15-23(2)3)27-18-17-26(36-25(5)32)22-28(27)37-31(30)33/h15,17-19,22H,6-14,16,20-21H2,1-5H3/b24-19+. The average Bonchev–Trinajstić information content (AvgIpc) is 2.83. The lowest BCUT2D eigenvalue weighted by molar-refractivity contribution is -0.131. The van der Waals surface area contributed by atoms with Crippen molar-refractivity contribution in [2.75, 3.05) is 13.2 Å². The molecule has 0 atom stereocenters. The molecule has 1 heterocycles. The van der Waals surface area contributed by atoms with Crippen molar-refractivity contribution in [3.8, 4) is 17.2 Å². The van der Waals surface area contributed by atoms with Crippen molar-refractivity contribution < 1.29 is 23.4 Å². The summed E-state index contributed by atoms with van der Waals surface area (Å²) in [6, 6.07) is 4.90. The zero-order chi connectivity index (χ0) is 27.0. The molecule has 0 amide bonds. The fourth-order valence-electron chi connectivity index (χ4n) is 4.00. The average molecular weight is 513 g/mol. The normalized spacial score (nSPS) is 11.4. The summed E-state index contributed by atoms with van der Waals surface area (Å²) < 4.78 is 22.7. The van der Waals surface area contributed by atoms with Crippen molar-refractivity contribution in [2.45, 2.75) is 98.8 Å². The number of carbonyl (C=O) groups excluding carboxylic acids is 1. The molecule has 6 nitrogen and oxygen atoms in total. The molecule has 0 bridgehead atoms. The molecule has 1 aromatic heterocycles. The fraction of sp³-hybridized carbons (Fsp3) is 0.548. The molecule has 0 aliphatic carbocycles. The van der Waals surface area contributed by atoms with E-state index in [2.05, 4.69) is 33.8 Å². The Balaban J connectivity index is 2.13. The lowest BCUT2D eigenvalue weighted by atomic mass is 10.1. The number of esters is 1. The number of unbranched alkanes of at least 4 members (excludes halogenated alkanes) is 7. The molecule has 204 valence electrons. The summed E-state index contributed by atoms with van der Waals surface area (Å²) in [4.78, 5) is 24.2. The molecule has 0 unspecified atom stereocenters. The van der Waals surface area contributed by atoms with Crippen LogP contribution >= 0.6 is 0 Å². The minimum absolute atomic E-state index is 0.0891. The molecular weight excluding hydrogens is 468 g/mol. The highest BCUT2D eigenvalue weighted by Crippen LogP contribution is 2.35. The van der Waals surface area contributed by atoms with E-state index in [-0.39, 0.29) is 11.3 Å². The van der Waals surface area contributed by atoms with E-state index in [9.17, 15) is 9.59 Å². The van der Waals surface area contributed by atoms with Crippen LogP contribution in [0.1, 0.15) is 98.8 Å². The van der Waals surface area contributed by atoms with Gasteiger partial charge in [0.2, 0.25) is 5.75 Å². The van der Waals surface area contributed by atoms with Gasteiger partial charge in [-0.15, -0.1) is 0 Å². The van der Waals surface area contributed by atoms with Crippen LogP contribution in [0.5, 0.6) is 17.2 Å². The third-order valence-corrected chi connectivity index (χ3v) is 6.05. The van der Waals surface area contributed by atoms with Gasteiger partial charge in [0.1, 0.15) is 17.9 Å². The zero-order valence-electron chi connectivity index (χ0n) is 23.3. The predicted molar refractivity (Wildman–Crippen MR) is 150 cm³/mol. The van der Waals surface area contributed by atoms with Crippen LogP contribution in [0.3, 0.4) is 0 Å². The molecule has 0 spiro atoms. The van der Waals surface area contributed by atoms with Crippen LogP contribution in [-0.4, -0.2) is 19.2 Å². The van der Waals surface area contributed by atoms with Crippen molar-refractivity contribution in [1.29, 1.82) is 0 Å². The molecule has 0 radical (unpaired) electrons. The van der Waals surface area contributed by atoms with Gasteiger partial charge in [-0.3, -0.25) is 4.79 Å². The Bertz CT molecular complexity index is 1100. The summed E-state index contributed by atoms with van der Waals surface area (Å²) in [5.74, 6) is 0.300. The van der Waals surface area contributed by atoms with Gasteiger partial charge in [-0.2, -0.15) is 0 Å². The summed E-state index contributed by atoms with van der Waals surface area (Å²) in [6.45, 7) is 10.5. The van der Waals surface area contributed by atoms with E-state index in [0.717, 1.165) is 25.7 Å². The number of rotatable bonds is 17. The van der Waals surface area contributed by atoms with Gasteiger partial charge >= 0.3 is 11.6 Å². The van der Waals surface area contributed by atoms with Crippen LogP contribution in [0.25, 0.3) is 11.0 Å². The first-order valence-corrected chi connectivity index (χ1v) is 13.7. The van der Waals surface area contributed by atoms with E-state index in [1.165, 1.54) is 62.7 Å². The lowest BCUT2D eigenvalue weighted by Crippen LogP contribution is -2.12. The SMILES string of the molecule is CCCCCCCCCCOc1c(OC/C=C(\C)CCC=C(C)C)c2ccc(OC(C)=O)cc2oc1=O. The van der Waals surface area contributed by atoms with E-state index < -0.39 is 11.6 Å². The molecule has 0 saturated carbocycles. The lowest BCUT2D eigenvalue weighted by Gasteiger charge is -2.14. The molecule has 0 saturated heterocycles. The van der Waals surface area contributed by atoms with Gasteiger partial charge < -0.3 is 18.6 Å². The topological polar surface area (TPSA) is 75.0 Å². The number of ether oxygens (including phenoxy) is 3. The monoisotopic (exact) mass is 512 g/mol. The maximum atomic E-state index is 12.9. The van der Waals surface area contributed by atoms with E-state index in [1.807, 2.05) is 6.08 Å². The molecule has 2 rings (SSSR count). The molecule has 0 N–H and O–H groups in total. The first-order chi connectivity index (χ1) is 17.8. The van der Waals surface area contributed by atoms with Gasteiger partial charge in [-0.1, -0.05) is 69.1 Å². The smallest absolute Gasteiger partial charge is 0.383 e. The molecule has 0 fully saturated rings. The summed E-state index contributed by atoms with van der Waals surface area (Å²) in [5.41, 5.74) is 2.19. The highest BCUT2D eigenvalue weighted by Gasteiger charge is 2.18. The van der Waals surface area contributed by atoms with Gasteiger partial charge in [-0.25, -0.2) is 4.79 Å². The second-order valence-corrected chi connectivity index (χ2v) is 9.80. The van der Waals surface area contributed by atoms with Gasteiger partial charge in [0, 0.05) is 13.0 Å². The molecule has 6 heteroatoms. The Kier molecular flexibility index (Phi) is 13.6. The summed E-state index contributed by atoms with van der Waals surface area (Å²) in [7, 11) is 0. The van der Waals surface area contributed by atoms with Crippen molar-refractivity contribution in [3.63, 3.8) is 0 Å². The van der Waals surface area contributed by atoms with Crippen LogP contribution in [0.2, 0.25) is 0 Å². The second kappa shape index (κ2) is 16.7. The summed E-state index contributed by atoms with van der Waals surface area (Å²) in [5, 5.41) is 0.594. The number of hydrogen-bond acceptors (Lipinski definition) is 6. The molecule has 0 aliphatic heterocycles. The van der Waals surface area contributed by atoms with E-state index in [4.69, 9.17) is 18.6 Å². The van der Waals surface area contributed by atoms with E-state index in [1.54, 1.807) is 12.1 Å². The third kappa shape index (κ3) is 11.3. The van der Waals surface area contributed by atoms with Gasteiger partial charge in [0.15, 0.2) is 5.75 Å². The molecular formula is C31H44O6. The number of fused-ring (bicyclic) bond motifs is 1. The maximum absolute atomic E-state index is 12.9. The van der Waals surface area contributed by atoms with Crippen molar-refractivity contribution in [2.24, 2.45) is 0 Å². The summed E-state index contributed by atoms with van der Waals surface area (Å²) in [6.07, 6.45) is 15.6. The molecule has 2 aromatic rings. The predicted octanol–water partition coefficient (Wildman–Crippen LogP) is 8.31. The number of benzene rings is 1. The van der Waals surface area contributed by atoms with Crippen LogP contribution < -0.4 is 19.8 Å². The first kappa shape index (κ1) is 30.2. The Hall–Kier alpha value is -3.02. The number of carbonyl (C=O) groups is 1. The van der Waals surface area contributed by atoms with Crippen LogP contribution in [-0.2, 0) is 4.79 Å². The second-order valence-electron chi connectivity index (χ2n) is 9.80. The molecule has 0 aliphatic rings. The van der Waals surface area contributed by atoms with Gasteiger partial charge in [0.25, 0.3) is 0 Å². The molecule has 37 heavy (non-hydrogen) atoms. The first-order valence-electron chi connectivity index (χ1n) is 13.7. The van der Waals surface area contributed by atoms with Gasteiger partial charge in [0.05, 0.1) is 12.0 Å². The maximum Gasteiger partial charge on any atom is 0.383 e. The third-order valence-electron chi connectivity index (χ3n) is 6.05. The van der Waals surface area contributed by atoms with Crippen LogP contribution in [0.4, 0.5) is 0 Å². The Labute approximate surface area is 221 Å². The van der Waals surface area contributed by atoms with Crippen LogP contribution in [0, 0.1) is 0 Å². The quantitative estimate of drug-likeness (QED) is 0.0697. The minimum Gasteiger partial charge on any atom is -0.485 e. The van der Waals surface area contributed by atoms with E-state index in [0.29, 0.717) is 30.1 Å². The Morgan fingerprint density at radius 3 is 2.27 bits per heavy atom. The van der Waals surface area contributed by atoms with Crippen LogP contribution in [0.15, 0.2) is 50.7 Å². The van der Waals surface area contributed by atoms with Crippen molar-refractivity contribution in [3.05, 3.63) is 51.9 Å². The molecule has 1 aromatic carbocycles. The number of allylic oxidation sites excluding steroid dienone is 3. The number of hydrogen-bond donors (Lipinski definition) is 0. The van der Waals surface area contributed by atoms with Gasteiger partial charge in [-0.05, 0) is 58.2 Å². The summed E-state index contributed by atoms with van der Waals surface area (Å²) >= 11 is 0. The Morgan fingerprint density at radius 2 is 1.59 bits per heavy atom. The van der Waals surface area contributed by atoms with E-state index >= 15 is 0 Å². The van der Waals surface area contributed by atoms with Crippen molar-refractivity contribution in [1.82, 2.24) is 0 Å². The Morgan fingerprint density at radius 1 is 0.892 bits per heavy atom. The van der Waals surface area contributed by atoms with Crippen molar-refractivity contribution >= 4 is 16.9 Å². The zero-order valence-corrected chi connectivity index (χ0v) is 23.3. The largest absolute Gasteiger partial charge is 0.485 e. The highest BCUT2D eigenvalue weighted by atomic mass is 16.5. The fourth-order valence-corrected chi connectivity index (χ4v) is 4.00. The minimum atomic E-state index is -0.605. The highest BCUT2D eigenvalue weighted by molar-refractivity contribution is 5.87.